The molecule has 1 amide bonds. The molecule has 1 aliphatic heterocycles. The van der Waals surface area contributed by atoms with Crippen LogP contribution in [0.5, 0.6) is 0 Å². The van der Waals surface area contributed by atoms with E-state index in [1.807, 2.05) is 30.3 Å². The first-order valence-corrected chi connectivity index (χ1v) is 9.97. The van der Waals surface area contributed by atoms with E-state index in [4.69, 9.17) is 5.73 Å². The van der Waals surface area contributed by atoms with Gasteiger partial charge in [-0.3, -0.25) is 4.79 Å². The van der Waals surface area contributed by atoms with Crippen LogP contribution in [0.1, 0.15) is 36.4 Å². The van der Waals surface area contributed by atoms with Crippen LogP contribution in [-0.2, 0) is 11.3 Å². The van der Waals surface area contributed by atoms with Gasteiger partial charge in [0.15, 0.2) is 0 Å². The minimum Gasteiger partial charge on any atom is -0.333 e. The maximum Gasteiger partial charge on any atom is 0.244 e. The van der Waals surface area contributed by atoms with Gasteiger partial charge in [0.05, 0.1) is 0 Å². The highest BCUT2D eigenvalue weighted by Gasteiger charge is 2.58. The first-order valence-electron chi connectivity index (χ1n) is 9.02. The van der Waals surface area contributed by atoms with E-state index in [0.29, 0.717) is 18.0 Å². The molecule has 1 spiro atoms. The van der Waals surface area contributed by atoms with Crippen LogP contribution in [0.4, 0.5) is 0 Å². The van der Waals surface area contributed by atoms with Crippen LogP contribution in [0.2, 0.25) is 0 Å². The van der Waals surface area contributed by atoms with Crippen molar-refractivity contribution in [2.45, 2.75) is 37.9 Å². The Kier molecular flexibility index (Phi) is 4.63. The molecule has 0 radical (unpaired) electrons. The van der Waals surface area contributed by atoms with Crippen LogP contribution < -0.4 is 11.1 Å². The number of benzene rings is 1. The topological polar surface area (TPSA) is 58.4 Å². The standard InChI is InChI=1S/C20H25N3OS/c21-18(16-4-2-1-3-5-16)19(24)23(13-15-6-11-25-14-15)17-12-20(17)7-9-22-10-8-20/h1-6,11,14,17-18,22H,7-10,12-13,21H2/t17-,18+/m1/s1. The Morgan fingerprint density at radius 3 is 2.72 bits per heavy atom. The van der Waals surface area contributed by atoms with Crippen molar-refractivity contribution in [1.29, 1.82) is 0 Å². The van der Waals surface area contributed by atoms with Gasteiger partial charge in [-0.15, -0.1) is 0 Å². The molecular weight excluding hydrogens is 330 g/mol. The van der Waals surface area contributed by atoms with Gasteiger partial charge in [0.1, 0.15) is 6.04 Å². The lowest BCUT2D eigenvalue weighted by Crippen LogP contribution is -2.43. The largest absolute Gasteiger partial charge is 0.333 e. The highest BCUT2D eigenvalue weighted by molar-refractivity contribution is 7.07. The molecule has 1 saturated carbocycles. The number of carbonyl (C=O) groups is 1. The molecule has 25 heavy (non-hydrogen) atoms. The first-order chi connectivity index (χ1) is 12.2. The molecule has 2 fully saturated rings. The summed E-state index contributed by atoms with van der Waals surface area (Å²) < 4.78 is 0. The van der Waals surface area contributed by atoms with E-state index in [0.717, 1.165) is 37.9 Å². The fourth-order valence-corrected chi connectivity index (χ4v) is 4.79. The maximum atomic E-state index is 13.3. The number of thiophene rings is 1. The Morgan fingerprint density at radius 2 is 2.04 bits per heavy atom. The molecular formula is C20H25N3OS. The van der Waals surface area contributed by atoms with Crippen LogP contribution in [0.25, 0.3) is 0 Å². The van der Waals surface area contributed by atoms with Crippen molar-refractivity contribution in [2.24, 2.45) is 11.1 Å². The van der Waals surface area contributed by atoms with Crippen LogP contribution in [0.15, 0.2) is 47.2 Å². The summed E-state index contributed by atoms with van der Waals surface area (Å²) in [6.07, 6.45) is 3.43. The minimum absolute atomic E-state index is 0.0535. The predicted octanol–water partition coefficient (Wildman–Crippen LogP) is 2.92. The fourth-order valence-electron chi connectivity index (χ4n) is 4.13. The zero-order valence-electron chi connectivity index (χ0n) is 14.4. The highest BCUT2D eigenvalue weighted by Crippen LogP contribution is 2.56. The van der Waals surface area contributed by atoms with Gasteiger partial charge in [-0.25, -0.2) is 0 Å². The van der Waals surface area contributed by atoms with E-state index in [9.17, 15) is 4.79 Å². The second-order valence-corrected chi connectivity index (χ2v) is 8.10. The van der Waals surface area contributed by atoms with Gasteiger partial charge < -0.3 is 16.0 Å². The Hall–Kier alpha value is -1.69. The van der Waals surface area contributed by atoms with E-state index >= 15 is 0 Å². The van der Waals surface area contributed by atoms with Gasteiger partial charge >= 0.3 is 0 Å². The second kappa shape index (κ2) is 6.90. The SMILES string of the molecule is N[C@H](C(=O)N(Cc1ccsc1)[C@@H]1CC12CCNCC2)c1ccccc1. The quantitative estimate of drug-likeness (QED) is 0.867. The molecule has 3 N–H and O–H groups in total. The highest BCUT2D eigenvalue weighted by atomic mass is 32.1. The average Bonchev–Trinajstić information content (AvgIpc) is 3.08. The van der Waals surface area contributed by atoms with Crippen molar-refractivity contribution < 1.29 is 4.79 Å². The molecule has 1 aromatic heterocycles. The van der Waals surface area contributed by atoms with Gasteiger partial charge in [-0.1, -0.05) is 30.3 Å². The van der Waals surface area contributed by atoms with Gasteiger partial charge in [0.25, 0.3) is 0 Å². The summed E-state index contributed by atoms with van der Waals surface area (Å²) in [4.78, 5) is 15.3. The number of nitrogens with two attached hydrogens (primary N) is 1. The molecule has 0 unspecified atom stereocenters. The van der Waals surface area contributed by atoms with Crippen LogP contribution in [-0.4, -0.2) is 29.9 Å². The van der Waals surface area contributed by atoms with E-state index in [-0.39, 0.29) is 5.91 Å². The molecule has 2 aliphatic rings. The molecule has 2 heterocycles. The fraction of sp³-hybridized carbons (Fsp3) is 0.450. The number of piperidine rings is 1. The summed E-state index contributed by atoms with van der Waals surface area (Å²) in [7, 11) is 0. The van der Waals surface area contributed by atoms with Gasteiger partial charge in [-0.2, -0.15) is 11.3 Å². The van der Waals surface area contributed by atoms with Crippen LogP contribution in [0.3, 0.4) is 0 Å². The summed E-state index contributed by atoms with van der Waals surface area (Å²) in [5.41, 5.74) is 8.76. The normalized spacial score (nSPS) is 22.5. The number of nitrogens with zero attached hydrogens (tertiary/aromatic N) is 1. The maximum absolute atomic E-state index is 13.3. The zero-order valence-corrected chi connectivity index (χ0v) is 15.2. The Balaban J connectivity index is 1.56. The van der Waals surface area contributed by atoms with Crippen molar-refractivity contribution in [3.8, 4) is 0 Å². The summed E-state index contributed by atoms with van der Waals surface area (Å²) in [5.74, 6) is 0.0535. The number of hydrogen-bond acceptors (Lipinski definition) is 4. The molecule has 0 bridgehead atoms. The number of nitrogens with one attached hydrogen (secondary N) is 1. The van der Waals surface area contributed by atoms with Crippen molar-refractivity contribution >= 4 is 17.2 Å². The molecule has 5 heteroatoms. The van der Waals surface area contributed by atoms with Crippen LogP contribution in [0, 0.1) is 5.41 Å². The Morgan fingerprint density at radius 1 is 1.28 bits per heavy atom. The molecule has 4 rings (SSSR count). The molecule has 4 nitrogen and oxygen atoms in total. The first kappa shape index (κ1) is 16.8. The number of hydrogen-bond donors (Lipinski definition) is 2. The predicted molar refractivity (Wildman–Crippen MR) is 101 cm³/mol. The summed E-state index contributed by atoms with van der Waals surface area (Å²) >= 11 is 1.68. The van der Waals surface area contributed by atoms with Crippen molar-refractivity contribution in [1.82, 2.24) is 10.2 Å². The van der Waals surface area contributed by atoms with E-state index in [1.165, 1.54) is 5.56 Å². The van der Waals surface area contributed by atoms with Gasteiger partial charge in [0, 0.05) is 12.6 Å². The third-order valence-corrected chi connectivity index (χ3v) is 6.50. The molecule has 1 aliphatic carbocycles. The monoisotopic (exact) mass is 355 g/mol. The number of amides is 1. The Bertz CT molecular complexity index is 710. The van der Waals surface area contributed by atoms with Gasteiger partial charge in [0.2, 0.25) is 5.91 Å². The third kappa shape index (κ3) is 3.36. The number of carbonyl (C=O) groups excluding carboxylic acids is 1. The third-order valence-electron chi connectivity index (χ3n) is 5.76. The molecule has 1 aromatic carbocycles. The summed E-state index contributed by atoms with van der Waals surface area (Å²) in [5, 5.41) is 7.64. The summed E-state index contributed by atoms with van der Waals surface area (Å²) in [6.45, 7) is 2.78. The summed E-state index contributed by atoms with van der Waals surface area (Å²) in [6, 6.07) is 11.6. The van der Waals surface area contributed by atoms with E-state index in [1.54, 1.807) is 11.3 Å². The van der Waals surface area contributed by atoms with Crippen LogP contribution >= 0.6 is 11.3 Å². The average molecular weight is 356 g/mol. The van der Waals surface area contributed by atoms with Crippen molar-refractivity contribution in [2.75, 3.05) is 13.1 Å². The molecule has 2 atom stereocenters. The Labute approximate surface area is 153 Å². The second-order valence-electron chi connectivity index (χ2n) is 7.32. The zero-order chi connectivity index (χ0) is 17.3. The van der Waals surface area contributed by atoms with Crippen molar-refractivity contribution in [3.05, 3.63) is 58.3 Å². The van der Waals surface area contributed by atoms with E-state index < -0.39 is 6.04 Å². The van der Waals surface area contributed by atoms with Crippen molar-refractivity contribution in [3.63, 3.8) is 0 Å². The van der Waals surface area contributed by atoms with Gasteiger partial charge in [-0.05, 0) is 65.7 Å². The smallest absolute Gasteiger partial charge is 0.244 e. The lowest BCUT2D eigenvalue weighted by molar-refractivity contribution is -0.134. The van der Waals surface area contributed by atoms with E-state index in [2.05, 4.69) is 27.0 Å². The lowest BCUT2D eigenvalue weighted by atomic mass is 9.93. The molecule has 2 aromatic rings. The number of rotatable bonds is 5. The lowest BCUT2D eigenvalue weighted by Gasteiger charge is -2.31. The molecule has 1 saturated heterocycles. The minimum atomic E-state index is -0.584. The molecule has 132 valence electrons.